The second-order valence-electron chi connectivity index (χ2n) is 7.00. The van der Waals surface area contributed by atoms with Crippen molar-refractivity contribution >= 4 is 29.3 Å². The summed E-state index contributed by atoms with van der Waals surface area (Å²) in [4.78, 5) is 26.7. The second-order valence-corrected chi connectivity index (χ2v) is 7.98. The Labute approximate surface area is 169 Å². The maximum atomic E-state index is 13.4. The van der Waals surface area contributed by atoms with Gasteiger partial charge in [-0.05, 0) is 54.5 Å². The Morgan fingerprint density at radius 1 is 1.18 bits per heavy atom. The number of nitrogens with one attached hydrogen (secondary N) is 1. The highest BCUT2D eigenvalue weighted by Crippen LogP contribution is 2.24. The summed E-state index contributed by atoms with van der Waals surface area (Å²) in [6, 6.07) is 13.8. The normalized spacial score (nSPS) is 16.6. The minimum absolute atomic E-state index is 0.0547. The number of anilines is 1. The van der Waals surface area contributed by atoms with Crippen molar-refractivity contribution in [2.45, 2.75) is 19.3 Å². The molecule has 4 nitrogen and oxygen atoms in total. The molecule has 6 heteroatoms. The van der Waals surface area contributed by atoms with Gasteiger partial charge in [-0.2, -0.15) is 11.8 Å². The first-order valence-corrected chi connectivity index (χ1v) is 10.9. The molecular formula is C22H25FN2O2S. The van der Waals surface area contributed by atoms with Crippen molar-refractivity contribution in [3.63, 3.8) is 0 Å². The summed E-state index contributed by atoms with van der Waals surface area (Å²) < 4.78 is 13.4. The van der Waals surface area contributed by atoms with E-state index in [-0.39, 0.29) is 23.5 Å². The minimum atomic E-state index is -0.274. The minimum Gasteiger partial charge on any atom is -0.342 e. The van der Waals surface area contributed by atoms with Crippen LogP contribution in [0.4, 0.5) is 10.1 Å². The first kappa shape index (κ1) is 20.4. The van der Waals surface area contributed by atoms with E-state index < -0.39 is 0 Å². The molecule has 0 bridgehead atoms. The number of thioether (sulfide) groups is 1. The van der Waals surface area contributed by atoms with Crippen LogP contribution in [0, 0.1) is 11.7 Å². The van der Waals surface area contributed by atoms with E-state index in [1.54, 1.807) is 17.8 Å². The molecule has 28 heavy (non-hydrogen) atoms. The summed E-state index contributed by atoms with van der Waals surface area (Å²) in [5.74, 6) is 0.426. The van der Waals surface area contributed by atoms with E-state index in [1.165, 1.54) is 12.1 Å². The summed E-state index contributed by atoms with van der Waals surface area (Å²) in [6.07, 6.45) is 4.15. The van der Waals surface area contributed by atoms with Crippen molar-refractivity contribution in [3.8, 4) is 11.1 Å². The van der Waals surface area contributed by atoms with Crippen LogP contribution in [-0.2, 0) is 9.59 Å². The van der Waals surface area contributed by atoms with Crippen molar-refractivity contribution in [1.29, 1.82) is 0 Å². The molecule has 0 aliphatic carbocycles. The van der Waals surface area contributed by atoms with Gasteiger partial charge in [-0.3, -0.25) is 9.59 Å². The predicted octanol–water partition coefficient (Wildman–Crippen LogP) is 4.42. The Balaban J connectivity index is 1.59. The summed E-state index contributed by atoms with van der Waals surface area (Å²) in [6.45, 7) is 1.22. The number of carbonyl (C=O) groups excluding carboxylic acids is 2. The number of halogens is 1. The summed E-state index contributed by atoms with van der Waals surface area (Å²) >= 11 is 1.66. The van der Waals surface area contributed by atoms with Crippen LogP contribution in [0.25, 0.3) is 11.1 Å². The predicted molar refractivity (Wildman–Crippen MR) is 113 cm³/mol. The maximum Gasteiger partial charge on any atom is 0.229 e. The molecule has 1 N–H and O–H groups in total. The number of nitrogens with zero attached hydrogens (tertiary/aromatic N) is 1. The average molecular weight is 401 g/mol. The molecule has 1 aliphatic heterocycles. The lowest BCUT2D eigenvalue weighted by atomic mass is 9.96. The van der Waals surface area contributed by atoms with E-state index in [9.17, 15) is 14.0 Å². The molecular weight excluding hydrogens is 375 g/mol. The highest BCUT2D eigenvalue weighted by atomic mass is 32.2. The molecule has 0 aromatic heterocycles. The molecule has 1 aliphatic rings. The lowest BCUT2D eigenvalue weighted by Crippen LogP contribution is -2.43. The summed E-state index contributed by atoms with van der Waals surface area (Å²) in [5, 5.41) is 2.95. The van der Waals surface area contributed by atoms with Gasteiger partial charge >= 0.3 is 0 Å². The quantitative estimate of drug-likeness (QED) is 0.781. The zero-order chi connectivity index (χ0) is 19.9. The van der Waals surface area contributed by atoms with Crippen molar-refractivity contribution in [2.24, 2.45) is 5.92 Å². The fourth-order valence-corrected chi connectivity index (χ4v) is 3.80. The Morgan fingerprint density at radius 3 is 2.68 bits per heavy atom. The van der Waals surface area contributed by atoms with Gasteiger partial charge in [0.2, 0.25) is 11.8 Å². The SMILES string of the molecule is CSCCC(=O)N1CCC[C@H](C(=O)Nc2ccc(-c3cccc(F)c3)cc2)C1. The molecule has 0 radical (unpaired) electrons. The molecule has 1 fully saturated rings. The fourth-order valence-electron chi connectivity index (χ4n) is 3.42. The van der Waals surface area contributed by atoms with E-state index in [2.05, 4.69) is 5.32 Å². The van der Waals surface area contributed by atoms with E-state index in [0.717, 1.165) is 36.3 Å². The summed E-state index contributed by atoms with van der Waals surface area (Å²) in [7, 11) is 0. The molecule has 2 aromatic carbocycles. The Hall–Kier alpha value is -2.34. The van der Waals surface area contributed by atoms with Crippen LogP contribution in [0.3, 0.4) is 0 Å². The van der Waals surface area contributed by atoms with Crippen LogP contribution in [-0.4, -0.2) is 41.8 Å². The lowest BCUT2D eigenvalue weighted by Gasteiger charge is -2.32. The van der Waals surface area contributed by atoms with Gasteiger partial charge in [-0.25, -0.2) is 4.39 Å². The van der Waals surface area contributed by atoms with Gasteiger partial charge in [0.05, 0.1) is 5.92 Å². The van der Waals surface area contributed by atoms with Crippen molar-refractivity contribution in [2.75, 3.05) is 30.4 Å². The van der Waals surface area contributed by atoms with Crippen molar-refractivity contribution in [3.05, 3.63) is 54.3 Å². The molecule has 2 aromatic rings. The number of benzene rings is 2. The monoisotopic (exact) mass is 400 g/mol. The standard InChI is InChI=1S/C22H25FN2O2S/c1-28-13-11-21(26)25-12-3-5-18(15-25)22(27)24-20-9-7-16(8-10-20)17-4-2-6-19(23)14-17/h2,4,6-10,14,18H,3,5,11-13,15H2,1H3,(H,24,27)/t18-/m0/s1. The maximum absolute atomic E-state index is 13.4. The molecule has 0 saturated carbocycles. The topological polar surface area (TPSA) is 49.4 Å². The molecule has 3 rings (SSSR count). The van der Waals surface area contributed by atoms with Gasteiger partial charge < -0.3 is 10.2 Å². The highest BCUT2D eigenvalue weighted by molar-refractivity contribution is 7.98. The molecule has 1 saturated heterocycles. The van der Waals surface area contributed by atoms with Crippen LogP contribution in [0.2, 0.25) is 0 Å². The number of likely N-dealkylation sites (tertiary alicyclic amines) is 1. The van der Waals surface area contributed by atoms with Crippen LogP contribution in [0.5, 0.6) is 0 Å². The van der Waals surface area contributed by atoms with Gasteiger partial charge in [0.1, 0.15) is 5.82 Å². The number of carbonyl (C=O) groups is 2. The zero-order valence-corrected chi connectivity index (χ0v) is 16.8. The van der Waals surface area contributed by atoms with Gasteiger partial charge in [-0.1, -0.05) is 24.3 Å². The van der Waals surface area contributed by atoms with Crippen LogP contribution in [0.15, 0.2) is 48.5 Å². The van der Waals surface area contributed by atoms with Crippen LogP contribution >= 0.6 is 11.8 Å². The molecule has 148 valence electrons. The Bertz CT molecular complexity index is 826. The van der Waals surface area contributed by atoms with E-state index in [1.807, 2.05) is 41.5 Å². The molecule has 1 atom stereocenters. The number of piperidine rings is 1. The number of amides is 2. The third-order valence-corrected chi connectivity index (χ3v) is 5.59. The van der Waals surface area contributed by atoms with Crippen LogP contribution in [0.1, 0.15) is 19.3 Å². The van der Waals surface area contributed by atoms with E-state index in [4.69, 9.17) is 0 Å². The molecule has 0 unspecified atom stereocenters. The lowest BCUT2D eigenvalue weighted by molar-refractivity contribution is -0.134. The average Bonchev–Trinajstić information content (AvgIpc) is 2.72. The van der Waals surface area contributed by atoms with Gasteiger partial charge in [0.15, 0.2) is 0 Å². The second kappa shape index (κ2) is 9.73. The fraction of sp³-hybridized carbons (Fsp3) is 0.364. The van der Waals surface area contributed by atoms with E-state index >= 15 is 0 Å². The van der Waals surface area contributed by atoms with Crippen molar-refractivity contribution in [1.82, 2.24) is 4.90 Å². The van der Waals surface area contributed by atoms with E-state index in [0.29, 0.717) is 18.7 Å². The Morgan fingerprint density at radius 2 is 1.96 bits per heavy atom. The van der Waals surface area contributed by atoms with Gasteiger partial charge in [0.25, 0.3) is 0 Å². The zero-order valence-electron chi connectivity index (χ0n) is 16.0. The van der Waals surface area contributed by atoms with Crippen LogP contribution < -0.4 is 5.32 Å². The Kier molecular flexibility index (Phi) is 7.09. The molecule has 1 heterocycles. The molecule has 2 amide bonds. The first-order valence-electron chi connectivity index (χ1n) is 9.50. The number of rotatable bonds is 6. The largest absolute Gasteiger partial charge is 0.342 e. The first-order chi connectivity index (χ1) is 13.6. The smallest absolute Gasteiger partial charge is 0.229 e. The third kappa shape index (κ3) is 5.35. The van der Waals surface area contributed by atoms with Gasteiger partial charge in [0, 0.05) is 31.0 Å². The summed E-state index contributed by atoms with van der Waals surface area (Å²) in [5.41, 5.74) is 2.39. The number of hydrogen-bond donors (Lipinski definition) is 1. The highest BCUT2D eigenvalue weighted by Gasteiger charge is 2.28. The third-order valence-electron chi connectivity index (χ3n) is 4.98. The van der Waals surface area contributed by atoms with Crippen molar-refractivity contribution < 1.29 is 14.0 Å². The van der Waals surface area contributed by atoms with Gasteiger partial charge in [-0.15, -0.1) is 0 Å². The number of hydrogen-bond acceptors (Lipinski definition) is 3. The molecule has 0 spiro atoms.